The zero-order valence-corrected chi connectivity index (χ0v) is 14.2. The zero-order chi connectivity index (χ0) is 18.2. The fourth-order valence-corrected chi connectivity index (χ4v) is 2.75. The minimum absolute atomic E-state index is 0.196. The number of amides is 1. The highest BCUT2D eigenvalue weighted by atomic mass is 16.7. The zero-order valence-electron chi connectivity index (χ0n) is 14.2. The maximum absolute atomic E-state index is 11.5. The SMILES string of the molecule is CC(=O)N[C@H]1[C@@H](OCCN)O[C@H](CO)[C@@H](OCc2ccccc2)[C@@H]1O. The number of carbonyl (C=O) groups is 1. The van der Waals surface area contributed by atoms with Crippen LogP contribution in [0.2, 0.25) is 0 Å². The van der Waals surface area contributed by atoms with Crippen molar-refractivity contribution in [3.63, 3.8) is 0 Å². The molecular formula is C17H26N2O6. The molecule has 8 nitrogen and oxygen atoms in total. The van der Waals surface area contributed by atoms with Gasteiger partial charge in [0.15, 0.2) is 6.29 Å². The lowest BCUT2D eigenvalue weighted by molar-refractivity contribution is -0.279. The molecule has 0 saturated carbocycles. The molecule has 1 saturated heterocycles. The van der Waals surface area contributed by atoms with Crippen LogP contribution in [0.25, 0.3) is 0 Å². The number of aliphatic hydroxyl groups is 2. The van der Waals surface area contributed by atoms with Gasteiger partial charge in [-0.25, -0.2) is 0 Å². The van der Waals surface area contributed by atoms with E-state index in [1.165, 1.54) is 6.92 Å². The molecule has 1 heterocycles. The summed E-state index contributed by atoms with van der Waals surface area (Å²) in [5.74, 6) is -0.335. The quantitative estimate of drug-likeness (QED) is 0.478. The van der Waals surface area contributed by atoms with Crippen molar-refractivity contribution >= 4 is 5.91 Å². The Bertz CT molecular complexity index is 529. The van der Waals surface area contributed by atoms with Gasteiger partial charge in [-0.3, -0.25) is 4.79 Å². The van der Waals surface area contributed by atoms with Crippen LogP contribution in [0, 0.1) is 0 Å². The summed E-state index contributed by atoms with van der Waals surface area (Å²) in [4.78, 5) is 11.5. The molecule has 1 aliphatic rings. The monoisotopic (exact) mass is 354 g/mol. The summed E-state index contributed by atoms with van der Waals surface area (Å²) in [7, 11) is 0. The number of benzene rings is 1. The maximum Gasteiger partial charge on any atom is 0.217 e. The van der Waals surface area contributed by atoms with Gasteiger partial charge in [0.25, 0.3) is 0 Å². The van der Waals surface area contributed by atoms with E-state index in [1.54, 1.807) is 0 Å². The molecule has 1 aromatic rings. The molecule has 0 aliphatic carbocycles. The van der Waals surface area contributed by atoms with Gasteiger partial charge in [-0.15, -0.1) is 0 Å². The fraction of sp³-hybridized carbons (Fsp3) is 0.588. The summed E-state index contributed by atoms with van der Waals surface area (Å²) >= 11 is 0. The Balaban J connectivity index is 2.10. The normalized spacial score (nSPS) is 29.4. The summed E-state index contributed by atoms with van der Waals surface area (Å²) in [5, 5.41) is 22.9. The van der Waals surface area contributed by atoms with Crippen LogP contribution in [0.3, 0.4) is 0 Å². The Morgan fingerprint density at radius 3 is 2.64 bits per heavy atom. The number of hydrogen-bond acceptors (Lipinski definition) is 7. The predicted octanol–water partition coefficient (Wildman–Crippen LogP) is -0.870. The van der Waals surface area contributed by atoms with Gasteiger partial charge in [0, 0.05) is 13.5 Å². The van der Waals surface area contributed by atoms with Gasteiger partial charge >= 0.3 is 0 Å². The third kappa shape index (κ3) is 5.46. The Labute approximate surface area is 146 Å². The Morgan fingerprint density at radius 1 is 1.32 bits per heavy atom. The smallest absolute Gasteiger partial charge is 0.217 e. The van der Waals surface area contributed by atoms with Gasteiger partial charge in [0.05, 0.1) is 19.8 Å². The summed E-state index contributed by atoms with van der Waals surface area (Å²) in [6.45, 7) is 1.68. The van der Waals surface area contributed by atoms with Crippen molar-refractivity contribution in [2.24, 2.45) is 5.73 Å². The number of hydrogen-bond donors (Lipinski definition) is 4. The first kappa shape index (κ1) is 19.8. The highest BCUT2D eigenvalue weighted by molar-refractivity contribution is 5.73. The molecule has 5 atom stereocenters. The second kappa shape index (κ2) is 9.81. The Kier molecular flexibility index (Phi) is 7.76. The molecule has 5 N–H and O–H groups in total. The average molecular weight is 354 g/mol. The van der Waals surface area contributed by atoms with E-state index in [9.17, 15) is 15.0 Å². The maximum atomic E-state index is 11.5. The second-order valence-corrected chi connectivity index (χ2v) is 5.86. The van der Waals surface area contributed by atoms with Crippen LogP contribution in [0.1, 0.15) is 12.5 Å². The lowest BCUT2D eigenvalue weighted by Gasteiger charge is -2.44. The molecule has 0 bridgehead atoms. The van der Waals surface area contributed by atoms with Crippen LogP contribution in [0.15, 0.2) is 30.3 Å². The van der Waals surface area contributed by atoms with E-state index in [0.29, 0.717) is 0 Å². The van der Waals surface area contributed by atoms with E-state index in [2.05, 4.69) is 5.32 Å². The molecule has 1 amide bonds. The third-order valence-electron chi connectivity index (χ3n) is 3.91. The van der Waals surface area contributed by atoms with E-state index < -0.39 is 30.6 Å². The van der Waals surface area contributed by atoms with Crippen LogP contribution in [-0.4, -0.2) is 66.5 Å². The number of aliphatic hydroxyl groups excluding tert-OH is 2. The number of nitrogens with two attached hydrogens (primary N) is 1. The molecular weight excluding hydrogens is 328 g/mol. The minimum atomic E-state index is -1.11. The highest BCUT2D eigenvalue weighted by Gasteiger charge is 2.46. The molecule has 25 heavy (non-hydrogen) atoms. The van der Waals surface area contributed by atoms with Crippen molar-refractivity contribution in [3.8, 4) is 0 Å². The van der Waals surface area contributed by atoms with Gasteiger partial charge in [0.2, 0.25) is 5.91 Å². The molecule has 140 valence electrons. The lowest BCUT2D eigenvalue weighted by Crippen LogP contribution is -2.65. The first-order valence-corrected chi connectivity index (χ1v) is 8.25. The summed E-state index contributed by atoms with van der Waals surface area (Å²) < 4.78 is 16.9. The number of ether oxygens (including phenoxy) is 3. The highest BCUT2D eigenvalue weighted by Crippen LogP contribution is 2.25. The van der Waals surface area contributed by atoms with Crippen LogP contribution in [0.4, 0.5) is 0 Å². The van der Waals surface area contributed by atoms with Crippen LogP contribution >= 0.6 is 0 Å². The number of carbonyl (C=O) groups excluding carboxylic acids is 1. The van der Waals surface area contributed by atoms with E-state index >= 15 is 0 Å². The standard InChI is InChI=1S/C17H26N2O6/c1-11(21)19-14-15(22)16(24-10-12-5-3-2-4-6-12)13(9-20)25-17(14)23-8-7-18/h2-6,13-17,20,22H,7-10,18H2,1H3,(H,19,21)/t13-,14-,15-,16-,17+/m1/s1. The number of nitrogens with one attached hydrogen (secondary N) is 1. The molecule has 1 aromatic carbocycles. The van der Waals surface area contributed by atoms with E-state index in [1.807, 2.05) is 30.3 Å². The van der Waals surface area contributed by atoms with Crippen LogP contribution in [0.5, 0.6) is 0 Å². The van der Waals surface area contributed by atoms with Crippen LogP contribution in [-0.2, 0) is 25.6 Å². The van der Waals surface area contributed by atoms with E-state index in [4.69, 9.17) is 19.9 Å². The first-order valence-electron chi connectivity index (χ1n) is 8.25. The Morgan fingerprint density at radius 2 is 2.04 bits per heavy atom. The van der Waals surface area contributed by atoms with Gasteiger partial charge in [-0.05, 0) is 5.56 Å². The van der Waals surface area contributed by atoms with Crippen LogP contribution < -0.4 is 11.1 Å². The summed E-state index contributed by atoms with van der Waals surface area (Å²) in [6.07, 6.45) is -3.64. The average Bonchev–Trinajstić information content (AvgIpc) is 2.61. The third-order valence-corrected chi connectivity index (χ3v) is 3.91. The van der Waals surface area contributed by atoms with Gasteiger partial charge < -0.3 is 35.5 Å². The molecule has 1 aliphatic heterocycles. The molecule has 2 rings (SSSR count). The largest absolute Gasteiger partial charge is 0.394 e. The predicted molar refractivity (Wildman–Crippen MR) is 89.4 cm³/mol. The molecule has 0 spiro atoms. The van der Waals surface area contributed by atoms with Gasteiger partial charge in [-0.1, -0.05) is 30.3 Å². The van der Waals surface area contributed by atoms with Crippen molar-refractivity contribution in [1.82, 2.24) is 5.32 Å². The lowest BCUT2D eigenvalue weighted by atomic mass is 9.96. The van der Waals surface area contributed by atoms with E-state index in [0.717, 1.165) is 5.56 Å². The minimum Gasteiger partial charge on any atom is -0.394 e. The molecule has 0 unspecified atom stereocenters. The summed E-state index contributed by atoms with van der Waals surface area (Å²) in [5.41, 5.74) is 6.35. The molecule has 8 heteroatoms. The fourth-order valence-electron chi connectivity index (χ4n) is 2.75. The van der Waals surface area contributed by atoms with Crippen molar-refractivity contribution in [2.45, 2.75) is 44.2 Å². The van der Waals surface area contributed by atoms with E-state index in [-0.39, 0.29) is 32.3 Å². The van der Waals surface area contributed by atoms with Crippen molar-refractivity contribution < 1.29 is 29.2 Å². The van der Waals surface area contributed by atoms with Crippen molar-refractivity contribution in [1.29, 1.82) is 0 Å². The Hall–Kier alpha value is -1.55. The van der Waals surface area contributed by atoms with Gasteiger partial charge in [-0.2, -0.15) is 0 Å². The second-order valence-electron chi connectivity index (χ2n) is 5.86. The first-order chi connectivity index (χ1) is 12.1. The topological polar surface area (TPSA) is 123 Å². The van der Waals surface area contributed by atoms with Crippen molar-refractivity contribution in [2.75, 3.05) is 19.8 Å². The number of rotatable bonds is 8. The van der Waals surface area contributed by atoms with Gasteiger partial charge in [0.1, 0.15) is 24.4 Å². The molecule has 1 fully saturated rings. The molecule has 0 aromatic heterocycles. The molecule has 0 radical (unpaired) electrons. The summed E-state index contributed by atoms with van der Waals surface area (Å²) in [6, 6.07) is 8.61. The van der Waals surface area contributed by atoms with Crippen molar-refractivity contribution in [3.05, 3.63) is 35.9 Å².